The number of Topliss-reactive ketones (excluding diaryl/α,β-unsaturated/α-hetero) is 1. The minimum Gasteiger partial charge on any atom is -0.339 e. The summed E-state index contributed by atoms with van der Waals surface area (Å²) in [4.78, 5) is 16.4. The van der Waals surface area contributed by atoms with E-state index in [1.54, 1.807) is 0 Å². The van der Waals surface area contributed by atoms with E-state index in [2.05, 4.69) is 17.1 Å². The Morgan fingerprint density at radius 1 is 1.25 bits per heavy atom. The monoisotopic (exact) mass is 276 g/mol. The van der Waals surface area contributed by atoms with E-state index in [9.17, 15) is 4.79 Å². The summed E-state index contributed by atoms with van der Waals surface area (Å²) in [6.07, 6.45) is 9.46. The number of hydrogen-bond donors (Lipinski definition) is 0. The molecule has 0 amide bonds. The van der Waals surface area contributed by atoms with Crippen molar-refractivity contribution < 1.29 is 9.32 Å². The molecular weight excluding hydrogens is 252 g/mol. The molecule has 2 saturated carbocycles. The molecule has 3 atom stereocenters. The highest BCUT2D eigenvalue weighted by Crippen LogP contribution is 2.38. The standard InChI is InChI=1S/C16H24N2O2/c1-2-11-7-8-13(9-11)16-17-15(20-18-16)10-12-5-3-4-6-14(12)19/h11-13H,2-10H2,1H3. The highest BCUT2D eigenvalue weighted by Gasteiger charge is 2.29. The fraction of sp³-hybridized carbons (Fsp3) is 0.812. The van der Waals surface area contributed by atoms with E-state index in [0.29, 0.717) is 24.0 Å². The van der Waals surface area contributed by atoms with Gasteiger partial charge in [-0.15, -0.1) is 0 Å². The van der Waals surface area contributed by atoms with Gasteiger partial charge < -0.3 is 4.52 Å². The predicted octanol–water partition coefficient (Wildman–Crippen LogP) is 3.67. The summed E-state index contributed by atoms with van der Waals surface area (Å²) >= 11 is 0. The van der Waals surface area contributed by atoms with Crippen LogP contribution >= 0.6 is 0 Å². The van der Waals surface area contributed by atoms with Crippen LogP contribution in [0.15, 0.2) is 4.52 Å². The Balaban J connectivity index is 1.60. The summed E-state index contributed by atoms with van der Waals surface area (Å²) in [7, 11) is 0. The highest BCUT2D eigenvalue weighted by atomic mass is 16.5. The third-order valence-electron chi connectivity index (χ3n) is 5.07. The third-order valence-corrected chi connectivity index (χ3v) is 5.07. The van der Waals surface area contributed by atoms with Gasteiger partial charge >= 0.3 is 0 Å². The average Bonchev–Trinajstić information content (AvgIpc) is 3.10. The maximum atomic E-state index is 11.9. The molecule has 3 rings (SSSR count). The first-order valence-corrected chi connectivity index (χ1v) is 8.11. The zero-order valence-electron chi connectivity index (χ0n) is 12.3. The first-order chi connectivity index (χ1) is 9.76. The van der Waals surface area contributed by atoms with Crippen LogP contribution in [0.3, 0.4) is 0 Å². The van der Waals surface area contributed by atoms with Gasteiger partial charge in [0.25, 0.3) is 0 Å². The Morgan fingerprint density at radius 2 is 2.15 bits per heavy atom. The molecular formula is C16H24N2O2. The molecule has 3 unspecified atom stereocenters. The maximum Gasteiger partial charge on any atom is 0.227 e. The van der Waals surface area contributed by atoms with Crippen LogP contribution in [-0.4, -0.2) is 15.9 Å². The van der Waals surface area contributed by atoms with Gasteiger partial charge in [0.15, 0.2) is 5.82 Å². The molecule has 1 heterocycles. The van der Waals surface area contributed by atoms with Gasteiger partial charge in [0, 0.05) is 24.7 Å². The fourth-order valence-electron chi connectivity index (χ4n) is 3.68. The first kappa shape index (κ1) is 13.8. The Labute approximate surface area is 120 Å². The minimum absolute atomic E-state index is 0.115. The van der Waals surface area contributed by atoms with Crippen molar-refractivity contribution in [2.45, 2.75) is 70.6 Å². The molecule has 1 aromatic heterocycles. The van der Waals surface area contributed by atoms with Crippen molar-refractivity contribution in [1.29, 1.82) is 0 Å². The van der Waals surface area contributed by atoms with E-state index in [4.69, 9.17) is 4.52 Å². The Morgan fingerprint density at radius 3 is 2.90 bits per heavy atom. The summed E-state index contributed by atoms with van der Waals surface area (Å²) in [5.74, 6) is 3.33. The number of hydrogen-bond acceptors (Lipinski definition) is 4. The zero-order chi connectivity index (χ0) is 13.9. The van der Waals surface area contributed by atoms with Gasteiger partial charge in [-0.1, -0.05) is 24.9 Å². The van der Waals surface area contributed by atoms with E-state index in [-0.39, 0.29) is 5.92 Å². The Kier molecular flexibility index (Phi) is 4.18. The zero-order valence-corrected chi connectivity index (χ0v) is 12.3. The van der Waals surface area contributed by atoms with Crippen molar-refractivity contribution in [2.24, 2.45) is 11.8 Å². The quantitative estimate of drug-likeness (QED) is 0.842. The number of ketones is 1. The molecule has 4 nitrogen and oxygen atoms in total. The van der Waals surface area contributed by atoms with Gasteiger partial charge in [-0.2, -0.15) is 4.98 Å². The average molecular weight is 276 g/mol. The lowest BCUT2D eigenvalue weighted by atomic mass is 9.86. The first-order valence-electron chi connectivity index (χ1n) is 8.11. The molecule has 0 saturated heterocycles. The van der Waals surface area contributed by atoms with Crippen LogP contribution in [0.1, 0.15) is 75.9 Å². The lowest BCUT2D eigenvalue weighted by molar-refractivity contribution is -0.124. The second-order valence-electron chi connectivity index (χ2n) is 6.44. The lowest BCUT2D eigenvalue weighted by Crippen LogP contribution is -2.21. The van der Waals surface area contributed by atoms with Crippen LogP contribution in [0, 0.1) is 11.8 Å². The van der Waals surface area contributed by atoms with Crippen molar-refractivity contribution in [2.75, 3.05) is 0 Å². The number of rotatable bonds is 4. The summed E-state index contributed by atoms with van der Waals surface area (Å²) in [6.45, 7) is 2.25. The molecule has 2 fully saturated rings. The predicted molar refractivity (Wildman–Crippen MR) is 75.3 cm³/mol. The van der Waals surface area contributed by atoms with Crippen molar-refractivity contribution in [3.05, 3.63) is 11.7 Å². The molecule has 110 valence electrons. The van der Waals surface area contributed by atoms with E-state index in [1.165, 1.54) is 25.7 Å². The molecule has 2 aliphatic carbocycles. The topological polar surface area (TPSA) is 56.0 Å². The molecule has 2 aliphatic rings. The van der Waals surface area contributed by atoms with E-state index in [0.717, 1.165) is 37.4 Å². The second kappa shape index (κ2) is 6.06. The van der Waals surface area contributed by atoms with Crippen LogP contribution in [0.4, 0.5) is 0 Å². The van der Waals surface area contributed by atoms with Crippen molar-refractivity contribution >= 4 is 5.78 Å². The van der Waals surface area contributed by atoms with E-state index >= 15 is 0 Å². The number of aromatic nitrogens is 2. The van der Waals surface area contributed by atoms with Gasteiger partial charge in [-0.05, 0) is 38.0 Å². The second-order valence-corrected chi connectivity index (χ2v) is 6.44. The molecule has 0 N–H and O–H groups in total. The van der Waals surface area contributed by atoms with Crippen molar-refractivity contribution in [3.63, 3.8) is 0 Å². The number of nitrogens with zero attached hydrogens (tertiary/aromatic N) is 2. The smallest absolute Gasteiger partial charge is 0.227 e. The Hall–Kier alpha value is -1.19. The SMILES string of the molecule is CCC1CCC(c2noc(CC3CCCCC3=O)n2)C1. The highest BCUT2D eigenvalue weighted by molar-refractivity contribution is 5.81. The van der Waals surface area contributed by atoms with Gasteiger partial charge in [-0.3, -0.25) is 4.79 Å². The molecule has 0 spiro atoms. The summed E-state index contributed by atoms with van der Waals surface area (Å²) in [5.41, 5.74) is 0. The van der Waals surface area contributed by atoms with E-state index in [1.807, 2.05) is 0 Å². The lowest BCUT2D eigenvalue weighted by Gasteiger charge is -2.18. The molecule has 4 heteroatoms. The molecule has 0 aliphatic heterocycles. The van der Waals surface area contributed by atoms with Crippen LogP contribution in [0.25, 0.3) is 0 Å². The van der Waals surface area contributed by atoms with Crippen LogP contribution in [-0.2, 0) is 11.2 Å². The van der Waals surface area contributed by atoms with Crippen LogP contribution < -0.4 is 0 Å². The summed E-state index contributed by atoms with van der Waals surface area (Å²) < 4.78 is 5.38. The number of carbonyl (C=O) groups is 1. The summed E-state index contributed by atoms with van der Waals surface area (Å²) in [6, 6.07) is 0. The van der Waals surface area contributed by atoms with Gasteiger partial charge in [0.1, 0.15) is 5.78 Å². The molecule has 0 radical (unpaired) electrons. The number of carbonyl (C=O) groups excluding carboxylic acids is 1. The minimum atomic E-state index is 0.115. The van der Waals surface area contributed by atoms with Gasteiger partial charge in [0.05, 0.1) is 0 Å². The maximum absolute atomic E-state index is 11.9. The Bertz CT molecular complexity index is 469. The third kappa shape index (κ3) is 2.94. The van der Waals surface area contributed by atoms with Crippen LogP contribution in [0.5, 0.6) is 0 Å². The van der Waals surface area contributed by atoms with Gasteiger partial charge in [0.2, 0.25) is 5.89 Å². The van der Waals surface area contributed by atoms with Gasteiger partial charge in [-0.25, -0.2) is 0 Å². The van der Waals surface area contributed by atoms with Crippen molar-refractivity contribution in [3.8, 4) is 0 Å². The molecule has 0 bridgehead atoms. The molecule has 1 aromatic rings. The van der Waals surface area contributed by atoms with Crippen LogP contribution in [0.2, 0.25) is 0 Å². The van der Waals surface area contributed by atoms with E-state index < -0.39 is 0 Å². The normalized spacial score (nSPS) is 30.9. The molecule has 20 heavy (non-hydrogen) atoms. The van der Waals surface area contributed by atoms with Crippen molar-refractivity contribution in [1.82, 2.24) is 10.1 Å². The largest absolute Gasteiger partial charge is 0.339 e. The summed E-state index contributed by atoms with van der Waals surface area (Å²) in [5, 5.41) is 4.16. The fourth-order valence-corrected chi connectivity index (χ4v) is 3.68. The molecule has 0 aromatic carbocycles.